The Labute approximate surface area is 208 Å². The van der Waals surface area contributed by atoms with Crippen molar-refractivity contribution >= 4 is 39.1 Å². The van der Waals surface area contributed by atoms with Crippen LogP contribution in [0.1, 0.15) is 10.4 Å². The molecule has 0 spiro atoms. The van der Waals surface area contributed by atoms with Crippen LogP contribution in [0.5, 0.6) is 0 Å². The van der Waals surface area contributed by atoms with Gasteiger partial charge in [0.05, 0.1) is 23.4 Å². The van der Waals surface area contributed by atoms with Gasteiger partial charge < -0.3 is 25.0 Å². The molecule has 11 heteroatoms. The molecule has 0 aromatic carbocycles. The van der Waals surface area contributed by atoms with Gasteiger partial charge in [0.25, 0.3) is 0 Å². The fourth-order valence-corrected chi connectivity index (χ4v) is 5.83. The van der Waals surface area contributed by atoms with Gasteiger partial charge in [-0.1, -0.05) is 0 Å². The predicted octanol–water partition coefficient (Wildman–Crippen LogP) is 1.58. The van der Waals surface area contributed by atoms with Gasteiger partial charge in [-0.15, -0.1) is 11.3 Å². The fraction of sp³-hybridized carbons (Fsp3) is 0.500. The van der Waals surface area contributed by atoms with E-state index in [0.29, 0.717) is 32.1 Å². The molecule has 35 heavy (non-hydrogen) atoms. The van der Waals surface area contributed by atoms with Crippen LogP contribution in [0.3, 0.4) is 0 Å². The number of morpholine rings is 1. The number of piperazine rings is 1. The maximum absolute atomic E-state index is 11.8. The molecule has 3 aromatic heterocycles. The molecule has 3 aromatic rings. The molecule has 2 fully saturated rings. The average Bonchev–Trinajstić information content (AvgIpc) is 3.23. The van der Waals surface area contributed by atoms with E-state index in [9.17, 15) is 4.79 Å². The Balaban J connectivity index is 1.47. The van der Waals surface area contributed by atoms with Gasteiger partial charge in [0, 0.05) is 69.5 Å². The standard InChI is InChI=1S/C24H31N7O3S/c1-16-18(14-29-5-7-30(8-6-29)20(33)15-32)35-22-21(16)27-23(17-3-4-19(25-2)26-13-17)28-24(22)31-9-11-34-12-10-31/h3-4,13,32H,5-12,14-15H2,1-2H3,(H,25,26). The number of aryl methyl sites for hydroxylation is 1. The lowest BCUT2D eigenvalue weighted by Crippen LogP contribution is -2.49. The van der Waals surface area contributed by atoms with Gasteiger partial charge in [0.1, 0.15) is 12.4 Å². The molecule has 186 valence electrons. The van der Waals surface area contributed by atoms with Crippen molar-refractivity contribution in [2.24, 2.45) is 0 Å². The summed E-state index contributed by atoms with van der Waals surface area (Å²) < 4.78 is 6.70. The summed E-state index contributed by atoms with van der Waals surface area (Å²) in [7, 11) is 1.85. The molecule has 0 saturated carbocycles. The predicted molar refractivity (Wildman–Crippen MR) is 137 cm³/mol. The number of amides is 1. The Bertz CT molecular complexity index is 1190. The summed E-state index contributed by atoms with van der Waals surface area (Å²) in [5.74, 6) is 2.25. The largest absolute Gasteiger partial charge is 0.387 e. The first kappa shape index (κ1) is 23.9. The van der Waals surface area contributed by atoms with Crippen LogP contribution in [0, 0.1) is 6.92 Å². The Hall–Kier alpha value is -2.86. The third kappa shape index (κ3) is 4.94. The number of aromatic nitrogens is 3. The first-order valence-corrected chi connectivity index (χ1v) is 12.8. The second-order valence-electron chi connectivity index (χ2n) is 8.80. The maximum Gasteiger partial charge on any atom is 0.248 e. The zero-order valence-electron chi connectivity index (χ0n) is 20.2. The van der Waals surface area contributed by atoms with Crippen molar-refractivity contribution in [1.29, 1.82) is 0 Å². The summed E-state index contributed by atoms with van der Waals surface area (Å²) in [6, 6.07) is 3.93. The van der Waals surface area contributed by atoms with Gasteiger partial charge >= 0.3 is 0 Å². The Kier molecular flexibility index (Phi) is 7.09. The molecule has 2 N–H and O–H groups in total. The van der Waals surface area contributed by atoms with Crippen molar-refractivity contribution in [3.05, 3.63) is 28.8 Å². The van der Waals surface area contributed by atoms with Crippen LogP contribution in [0.4, 0.5) is 11.6 Å². The number of aliphatic hydroxyl groups excluding tert-OH is 1. The van der Waals surface area contributed by atoms with Gasteiger partial charge in [0.15, 0.2) is 11.6 Å². The van der Waals surface area contributed by atoms with Crippen molar-refractivity contribution in [3.63, 3.8) is 0 Å². The van der Waals surface area contributed by atoms with E-state index in [-0.39, 0.29) is 5.91 Å². The number of pyridine rings is 1. The molecular weight excluding hydrogens is 466 g/mol. The van der Waals surface area contributed by atoms with E-state index in [1.165, 1.54) is 10.4 Å². The molecule has 0 aliphatic carbocycles. The van der Waals surface area contributed by atoms with Gasteiger partial charge in [-0.25, -0.2) is 15.0 Å². The van der Waals surface area contributed by atoms with E-state index in [2.05, 4.69) is 27.0 Å². The van der Waals surface area contributed by atoms with Gasteiger partial charge in [-0.3, -0.25) is 9.69 Å². The first-order chi connectivity index (χ1) is 17.1. The first-order valence-electron chi connectivity index (χ1n) is 11.9. The van der Waals surface area contributed by atoms with E-state index >= 15 is 0 Å². The van der Waals surface area contributed by atoms with Crippen molar-refractivity contribution in [1.82, 2.24) is 24.8 Å². The summed E-state index contributed by atoms with van der Waals surface area (Å²) in [4.78, 5) is 33.9. The van der Waals surface area contributed by atoms with Crippen LogP contribution < -0.4 is 10.2 Å². The highest BCUT2D eigenvalue weighted by Crippen LogP contribution is 2.38. The SMILES string of the molecule is CNc1ccc(-c2nc(N3CCOCC3)c3sc(CN4CCN(C(=O)CO)CC4)c(C)c3n2)cn1. The van der Waals surface area contributed by atoms with E-state index in [1.54, 1.807) is 16.2 Å². The van der Waals surface area contributed by atoms with Crippen LogP contribution >= 0.6 is 11.3 Å². The molecule has 2 aliphatic rings. The minimum Gasteiger partial charge on any atom is -0.387 e. The van der Waals surface area contributed by atoms with Gasteiger partial charge in [-0.2, -0.15) is 0 Å². The lowest BCUT2D eigenvalue weighted by Gasteiger charge is -2.34. The van der Waals surface area contributed by atoms with Crippen molar-refractivity contribution in [3.8, 4) is 11.4 Å². The van der Waals surface area contributed by atoms with Gasteiger partial charge in [-0.05, 0) is 24.6 Å². The van der Waals surface area contributed by atoms with Crippen molar-refractivity contribution < 1.29 is 14.6 Å². The smallest absolute Gasteiger partial charge is 0.248 e. The number of nitrogens with zero attached hydrogens (tertiary/aromatic N) is 6. The minimum absolute atomic E-state index is 0.196. The Morgan fingerprint density at radius 2 is 1.91 bits per heavy atom. The zero-order valence-corrected chi connectivity index (χ0v) is 21.0. The number of hydrogen-bond acceptors (Lipinski definition) is 10. The summed E-state index contributed by atoms with van der Waals surface area (Å²) in [6.45, 7) is 8.36. The number of aliphatic hydroxyl groups is 1. The number of nitrogens with one attached hydrogen (secondary N) is 1. The number of carbonyl (C=O) groups is 1. The second kappa shape index (κ2) is 10.4. The average molecular weight is 498 g/mol. The molecule has 5 rings (SSSR count). The molecular formula is C24H31N7O3S. The maximum atomic E-state index is 11.8. The third-order valence-electron chi connectivity index (χ3n) is 6.66. The quantitative estimate of drug-likeness (QED) is 0.525. The Morgan fingerprint density at radius 3 is 2.57 bits per heavy atom. The van der Waals surface area contributed by atoms with Crippen LogP contribution in [0.2, 0.25) is 0 Å². The van der Waals surface area contributed by atoms with Crippen molar-refractivity contribution in [2.75, 3.05) is 76.4 Å². The fourth-order valence-electron chi connectivity index (χ4n) is 4.52. The van der Waals surface area contributed by atoms with E-state index < -0.39 is 6.61 Å². The number of carbonyl (C=O) groups excluding carboxylic acids is 1. The number of fused-ring (bicyclic) bond motifs is 1. The third-order valence-corrected chi connectivity index (χ3v) is 7.92. The van der Waals surface area contributed by atoms with Gasteiger partial charge in [0.2, 0.25) is 5.91 Å². The highest BCUT2D eigenvalue weighted by Gasteiger charge is 2.25. The molecule has 1 amide bonds. The zero-order chi connectivity index (χ0) is 24.4. The highest BCUT2D eigenvalue weighted by molar-refractivity contribution is 7.19. The molecule has 0 atom stereocenters. The molecule has 0 radical (unpaired) electrons. The van der Waals surface area contributed by atoms with Crippen LogP contribution in [-0.4, -0.2) is 102 Å². The molecule has 10 nitrogen and oxygen atoms in total. The number of ether oxygens (including phenoxy) is 1. The summed E-state index contributed by atoms with van der Waals surface area (Å²) in [5.41, 5.74) is 3.05. The number of thiophene rings is 1. The number of rotatable bonds is 6. The number of hydrogen-bond donors (Lipinski definition) is 2. The summed E-state index contributed by atoms with van der Waals surface area (Å²) in [5, 5.41) is 12.2. The second-order valence-corrected chi connectivity index (χ2v) is 9.90. The topological polar surface area (TPSA) is 107 Å². The molecule has 5 heterocycles. The molecule has 0 unspecified atom stereocenters. The molecule has 2 aliphatic heterocycles. The van der Waals surface area contributed by atoms with Crippen LogP contribution in [0.15, 0.2) is 18.3 Å². The molecule has 2 saturated heterocycles. The monoisotopic (exact) mass is 497 g/mol. The number of anilines is 2. The Morgan fingerprint density at radius 1 is 1.14 bits per heavy atom. The summed E-state index contributed by atoms with van der Waals surface area (Å²) >= 11 is 1.76. The highest BCUT2D eigenvalue weighted by atomic mass is 32.1. The lowest BCUT2D eigenvalue weighted by atomic mass is 10.2. The van der Waals surface area contributed by atoms with Crippen molar-refractivity contribution in [2.45, 2.75) is 13.5 Å². The van der Waals surface area contributed by atoms with E-state index in [0.717, 1.165) is 60.1 Å². The minimum atomic E-state index is -0.423. The van der Waals surface area contributed by atoms with Crippen LogP contribution in [-0.2, 0) is 16.1 Å². The summed E-state index contributed by atoms with van der Waals surface area (Å²) in [6.07, 6.45) is 1.81. The lowest BCUT2D eigenvalue weighted by molar-refractivity contribution is -0.135. The molecule has 0 bridgehead atoms. The van der Waals surface area contributed by atoms with E-state index in [1.807, 2.05) is 25.4 Å². The van der Waals surface area contributed by atoms with E-state index in [4.69, 9.17) is 19.8 Å². The normalized spacial score (nSPS) is 17.2. The van der Waals surface area contributed by atoms with Crippen LogP contribution in [0.25, 0.3) is 21.6 Å².